The molecule has 0 saturated carbocycles. The first-order chi connectivity index (χ1) is 9.74. The molecule has 7 heteroatoms. The molecule has 0 amide bonds. The third-order valence-electron chi connectivity index (χ3n) is 3.27. The summed E-state index contributed by atoms with van der Waals surface area (Å²) in [5, 5.41) is 6.93. The predicted molar refractivity (Wildman–Crippen MR) is 80.3 cm³/mol. The van der Waals surface area contributed by atoms with Gasteiger partial charge in [-0.2, -0.15) is 10.1 Å². The van der Waals surface area contributed by atoms with Crippen molar-refractivity contribution in [2.75, 3.05) is 30.8 Å². The maximum atomic E-state index is 5.80. The monoisotopic (exact) mass is 275 g/mol. The van der Waals surface area contributed by atoms with E-state index in [1.807, 2.05) is 13.0 Å². The van der Waals surface area contributed by atoms with Crippen molar-refractivity contribution in [3.05, 3.63) is 18.0 Å². The molecule has 3 heterocycles. The zero-order chi connectivity index (χ0) is 14.5. The van der Waals surface area contributed by atoms with Gasteiger partial charge in [0.1, 0.15) is 5.82 Å². The number of hydrogen-bond acceptors (Lipinski definition) is 6. The fourth-order valence-electron chi connectivity index (χ4n) is 2.31. The van der Waals surface area contributed by atoms with E-state index in [0.29, 0.717) is 5.95 Å². The zero-order valence-corrected chi connectivity index (χ0v) is 11.9. The Morgan fingerprint density at radius 3 is 2.50 bits per heavy atom. The van der Waals surface area contributed by atoms with Gasteiger partial charge in [-0.1, -0.05) is 0 Å². The molecule has 7 nitrogen and oxygen atoms in total. The van der Waals surface area contributed by atoms with Crippen molar-refractivity contribution in [1.82, 2.24) is 20.2 Å². The van der Waals surface area contributed by atoms with Gasteiger partial charge in [0.25, 0.3) is 0 Å². The first-order valence-electron chi connectivity index (χ1n) is 6.71. The predicted octanol–water partition coefficient (Wildman–Crippen LogP) is 0.932. The quantitative estimate of drug-likeness (QED) is 0.752. The molecule has 0 atom stereocenters. The van der Waals surface area contributed by atoms with Gasteiger partial charge < -0.3 is 16.4 Å². The van der Waals surface area contributed by atoms with Crippen LogP contribution in [0.4, 0.5) is 11.8 Å². The van der Waals surface area contributed by atoms with Crippen molar-refractivity contribution in [3.8, 4) is 11.3 Å². The van der Waals surface area contributed by atoms with Gasteiger partial charge in [-0.05, 0) is 26.8 Å². The van der Waals surface area contributed by atoms with Gasteiger partial charge in [0.15, 0.2) is 0 Å². The first-order valence-corrected chi connectivity index (χ1v) is 6.71. The molecule has 1 aliphatic rings. The van der Waals surface area contributed by atoms with E-state index in [1.54, 1.807) is 6.20 Å². The molecular weight excluding hydrogens is 254 g/mol. The number of nitrogens with zero attached hydrogens (tertiary/aromatic N) is 4. The molecule has 108 valence electrons. The van der Waals surface area contributed by atoms with E-state index in [4.69, 9.17) is 5.73 Å². The number of hydrogen-bond donors (Lipinski definition) is 3. The van der Waals surface area contributed by atoms with Crippen LogP contribution >= 0.6 is 0 Å². The fourth-order valence-corrected chi connectivity index (χ4v) is 2.31. The number of nitrogens with two attached hydrogens (primary N) is 2. The molecule has 0 aliphatic carbocycles. The normalized spacial score (nSPS) is 14.1. The van der Waals surface area contributed by atoms with E-state index in [-0.39, 0.29) is 0 Å². The van der Waals surface area contributed by atoms with Crippen LogP contribution < -0.4 is 16.4 Å². The van der Waals surface area contributed by atoms with Gasteiger partial charge in [0, 0.05) is 30.4 Å². The van der Waals surface area contributed by atoms with E-state index >= 15 is 0 Å². The molecule has 1 saturated heterocycles. The second kappa shape index (κ2) is 6.33. The standard InChI is InChI=1S/C12H16N6.CH5N/c1-8-9(7-14-17-8)10-6-11(16-12(13)15-10)18-4-2-3-5-18;1-2/h6-7H,2-5H2,1H3,(H,14,17)(H2,13,15,16);2H2,1H3. The van der Waals surface area contributed by atoms with E-state index in [0.717, 1.165) is 35.9 Å². The van der Waals surface area contributed by atoms with Crippen LogP contribution in [-0.4, -0.2) is 40.3 Å². The lowest BCUT2D eigenvalue weighted by Gasteiger charge is -2.17. The maximum absolute atomic E-state index is 5.80. The number of nitrogens with one attached hydrogen (secondary N) is 1. The summed E-state index contributed by atoms with van der Waals surface area (Å²) in [6.07, 6.45) is 4.19. The van der Waals surface area contributed by atoms with Crippen molar-refractivity contribution < 1.29 is 0 Å². The van der Waals surface area contributed by atoms with Crippen LogP contribution in [0.3, 0.4) is 0 Å². The number of nitrogen functional groups attached to an aromatic ring is 1. The highest BCUT2D eigenvalue weighted by atomic mass is 15.2. The Balaban J connectivity index is 0.000000704. The SMILES string of the molecule is CN.Cc1[nH]ncc1-c1cc(N2CCCC2)nc(N)n1. The van der Waals surface area contributed by atoms with E-state index in [2.05, 4.69) is 30.8 Å². The van der Waals surface area contributed by atoms with Gasteiger partial charge >= 0.3 is 0 Å². The van der Waals surface area contributed by atoms with Crippen molar-refractivity contribution in [2.45, 2.75) is 19.8 Å². The summed E-state index contributed by atoms with van der Waals surface area (Å²) >= 11 is 0. The molecule has 3 rings (SSSR count). The highest BCUT2D eigenvalue weighted by Crippen LogP contribution is 2.25. The van der Waals surface area contributed by atoms with Crippen molar-refractivity contribution in [2.24, 2.45) is 5.73 Å². The molecule has 5 N–H and O–H groups in total. The second-order valence-corrected chi connectivity index (χ2v) is 4.57. The van der Waals surface area contributed by atoms with Gasteiger partial charge in [-0.15, -0.1) is 0 Å². The van der Waals surface area contributed by atoms with Gasteiger partial charge in [-0.25, -0.2) is 4.98 Å². The summed E-state index contributed by atoms with van der Waals surface area (Å²) in [6, 6.07) is 1.99. The third kappa shape index (κ3) is 2.88. The Labute approximate surface area is 118 Å². The van der Waals surface area contributed by atoms with Crippen LogP contribution in [0.2, 0.25) is 0 Å². The van der Waals surface area contributed by atoms with Crippen molar-refractivity contribution in [3.63, 3.8) is 0 Å². The van der Waals surface area contributed by atoms with Gasteiger partial charge in [-0.3, -0.25) is 5.10 Å². The number of rotatable bonds is 2. The van der Waals surface area contributed by atoms with Crippen LogP contribution in [0.15, 0.2) is 12.3 Å². The molecule has 2 aromatic rings. The number of aromatic amines is 1. The molecule has 0 unspecified atom stereocenters. The molecule has 1 fully saturated rings. The third-order valence-corrected chi connectivity index (χ3v) is 3.27. The number of aromatic nitrogens is 4. The van der Waals surface area contributed by atoms with Crippen LogP contribution in [0.5, 0.6) is 0 Å². The minimum atomic E-state index is 0.315. The van der Waals surface area contributed by atoms with Crippen molar-refractivity contribution >= 4 is 11.8 Å². The van der Waals surface area contributed by atoms with E-state index in [1.165, 1.54) is 19.9 Å². The van der Waals surface area contributed by atoms with E-state index < -0.39 is 0 Å². The molecule has 0 radical (unpaired) electrons. The minimum absolute atomic E-state index is 0.315. The molecule has 2 aromatic heterocycles. The summed E-state index contributed by atoms with van der Waals surface area (Å²) in [7, 11) is 1.50. The highest BCUT2D eigenvalue weighted by Gasteiger charge is 2.16. The van der Waals surface area contributed by atoms with Gasteiger partial charge in [0.2, 0.25) is 5.95 Å². The summed E-state index contributed by atoms with van der Waals surface area (Å²) in [5.41, 5.74) is 13.1. The number of aryl methyl sites for hydroxylation is 1. The summed E-state index contributed by atoms with van der Waals surface area (Å²) < 4.78 is 0. The second-order valence-electron chi connectivity index (χ2n) is 4.57. The molecule has 0 bridgehead atoms. The van der Waals surface area contributed by atoms with Crippen LogP contribution in [0.1, 0.15) is 18.5 Å². The average Bonchev–Trinajstić information content (AvgIpc) is 3.11. The Hall–Kier alpha value is -2.15. The van der Waals surface area contributed by atoms with Crippen molar-refractivity contribution in [1.29, 1.82) is 0 Å². The smallest absolute Gasteiger partial charge is 0.222 e. The Morgan fingerprint density at radius 2 is 1.90 bits per heavy atom. The minimum Gasteiger partial charge on any atom is -0.368 e. The Morgan fingerprint density at radius 1 is 1.20 bits per heavy atom. The molecule has 1 aliphatic heterocycles. The summed E-state index contributed by atoms with van der Waals surface area (Å²) in [6.45, 7) is 4.05. The number of H-pyrrole nitrogens is 1. The van der Waals surface area contributed by atoms with Crippen LogP contribution in [0, 0.1) is 6.92 Å². The maximum Gasteiger partial charge on any atom is 0.222 e. The molecule has 0 aromatic carbocycles. The van der Waals surface area contributed by atoms with Crippen LogP contribution in [-0.2, 0) is 0 Å². The average molecular weight is 275 g/mol. The molecule has 20 heavy (non-hydrogen) atoms. The zero-order valence-electron chi connectivity index (χ0n) is 11.9. The fraction of sp³-hybridized carbons (Fsp3) is 0.462. The number of anilines is 2. The summed E-state index contributed by atoms with van der Waals surface area (Å²) in [5.74, 6) is 1.23. The van der Waals surface area contributed by atoms with Gasteiger partial charge in [0.05, 0.1) is 11.9 Å². The summed E-state index contributed by atoms with van der Waals surface area (Å²) in [4.78, 5) is 10.9. The highest BCUT2D eigenvalue weighted by molar-refractivity contribution is 5.65. The first kappa shape index (κ1) is 14.3. The topological polar surface area (TPSA) is 110 Å². The largest absolute Gasteiger partial charge is 0.368 e. The molecular formula is C13H21N7. The lowest BCUT2D eigenvalue weighted by molar-refractivity contribution is 0.932. The van der Waals surface area contributed by atoms with E-state index in [9.17, 15) is 0 Å². The molecule has 0 spiro atoms. The lowest BCUT2D eigenvalue weighted by Crippen LogP contribution is -2.19. The Kier molecular flexibility index (Phi) is 4.52. The lowest BCUT2D eigenvalue weighted by atomic mass is 10.2. The van der Waals surface area contributed by atoms with Crippen LogP contribution in [0.25, 0.3) is 11.3 Å². The Bertz CT molecular complexity index is 558.